The van der Waals surface area contributed by atoms with Crippen LogP contribution < -0.4 is 5.32 Å². The third kappa shape index (κ3) is 5.09. The lowest BCUT2D eigenvalue weighted by Gasteiger charge is -2.22. The van der Waals surface area contributed by atoms with Crippen LogP contribution in [0.4, 0.5) is 0 Å². The van der Waals surface area contributed by atoms with Gasteiger partial charge < -0.3 is 10.1 Å². The molecule has 5 nitrogen and oxygen atoms in total. The zero-order chi connectivity index (χ0) is 24.0. The minimum Gasteiger partial charge on any atom is -0.461 e. The molecule has 35 heavy (non-hydrogen) atoms. The largest absolute Gasteiger partial charge is 0.461 e. The molecule has 6 rings (SSSR count). The third-order valence-corrected chi connectivity index (χ3v) is 9.71. The van der Waals surface area contributed by atoms with Crippen LogP contribution >= 0.6 is 11.3 Å². The molecule has 1 spiro atoms. The van der Waals surface area contributed by atoms with Crippen molar-refractivity contribution in [1.82, 2.24) is 5.32 Å². The van der Waals surface area contributed by atoms with Gasteiger partial charge in [-0.25, -0.2) is 0 Å². The van der Waals surface area contributed by atoms with Gasteiger partial charge in [-0.05, 0) is 79.7 Å². The molecule has 0 bridgehead atoms. The van der Waals surface area contributed by atoms with Crippen molar-refractivity contribution in [3.8, 4) is 0 Å². The van der Waals surface area contributed by atoms with Crippen LogP contribution in [0.1, 0.15) is 76.2 Å². The molecule has 1 N–H and O–H groups in total. The maximum Gasteiger partial charge on any atom is 0.306 e. The molecular formula is C29H33NO4S. The van der Waals surface area contributed by atoms with Crippen LogP contribution in [0.3, 0.4) is 0 Å². The molecule has 1 aromatic carbocycles. The molecule has 3 fully saturated rings. The van der Waals surface area contributed by atoms with Crippen molar-refractivity contribution in [3.05, 3.63) is 56.8 Å². The average Bonchev–Trinajstić information content (AvgIpc) is 3.78. The van der Waals surface area contributed by atoms with Crippen LogP contribution in [0.15, 0.2) is 30.3 Å². The molecule has 1 heterocycles. The number of carbonyl (C=O) groups excluding carboxylic acids is 3. The van der Waals surface area contributed by atoms with Gasteiger partial charge in [-0.1, -0.05) is 30.3 Å². The summed E-state index contributed by atoms with van der Waals surface area (Å²) in [6, 6.07) is 9.73. The molecule has 2 aromatic rings. The number of aryl methyl sites for hydroxylation is 1. The Kier molecular flexibility index (Phi) is 6.03. The molecule has 1 unspecified atom stereocenters. The van der Waals surface area contributed by atoms with Crippen molar-refractivity contribution in [3.63, 3.8) is 0 Å². The highest BCUT2D eigenvalue weighted by Crippen LogP contribution is 2.71. The highest BCUT2D eigenvalue weighted by Gasteiger charge is 2.65. The minimum atomic E-state index is -0.184. The fourth-order valence-corrected chi connectivity index (χ4v) is 7.11. The number of rotatable bonds is 10. The van der Waals surface area contributed by atoms with Crippen LogP contribution in [0, 0.1) is 23.2 Å². The maximum absolute atomic E-state index is 13.3. The second-order valence-electron chi connectivity index (χ2n) is 11.2. The first kappa shape index (κ1) is 23.0. The first-order valence-corrected chi connectivity index (χ1v) is 14.0. The fourth-order valence-electron chi connectivity index (χ4n) is 5.75. The van der Waals surface area contributed by atoms with Gasteiger partial charge in [0.15, 0.2) is 0 Å². The molecule has 6 heteroatoms. The zero-order valence-electron chi connectivity index (χ0n) is 20.1. The summed E-state index contributed by atoms with van der Waals surface area (Å²) in [5, 5.41) is 3.14. The number of amides is 1. The molecule has 4 aliphatic carbocycles. The summed E-state index contributed by atoms with van der Waals surface area (Å²) in [4.78, 5) is 41.1. The van der Waals surface area contributed by atoms with E-state index < -0.39 is 0 Å². The summed E-state index contributed by atoms with van der Waals surface area (Å²) in [7, 11) is 0. The van der Waals surface area contributed by atoms with Gasteiger partial charge in [-0.3, -0.25) is 14.4 Å². The molecule has 1 aromatic heterocycles. The Morgan fingerprint density at radius 1 is 1.06 bits per heavy atom. The van der Waals surface area contributed by atoms with Crippen LogP contribution in [-0.2, 0) is 40.2 Å². The van der Waals surface area contributed by atoms with Crippen molar-refractivity contribution in [2.24, 2.45) is 23.2 Å². The highest BCUT2D eigenvalue weighted by atomic mass is 32.1. The van der Waals surface area contributed by atoms with E-state index in [0.717, 1.165) is 47.4 Å². The summed E-state index contributed by atoms with van der Waals surface area (Å²) >= 11 is 1.66. The van der Waals surface area contributed by atoms with Gasteiger partial charge in [-0.15, -0.1) is 11.3 Å². The number of hydrogen-bond acceptors (Lipinski definition) is 5. The molecule has 2 atom stereocenters. The smallest absolute Gasteiger partial charge is 0.306 e. The predicted molar refractivity (Wildman–Crippen MR) is 134 cm³/mol. The first-order valence-electron chi connectivity index (χ1n) is 13.1. The van der Waals surface area contributed by atoms with Gasteiger partial charge in [-0.2, -0.15) is 0 Å². The lowest BCUT2D eigenvalue weighted by molar-refractivity contribution is -0.146. The third-order valence-electron chi connectivity index (χ3n) is 8.41. The second-order valence-corrected chi connectivity index (χ2v) is 12.4. The Labute approximate surface area is 210 Å². The lowest BCUT2D eigenvalue weighted by atomic mass is 9.84. The minimum absolute atomic E-state index is 0.0264. The molecular weight excluding hydrogens is 458 g/mol. The Hall–Kier alpha value is -2.47. The fraction of sp³-hybridized carbons (Fsp3) is 0.552. The van der Waals surface area contributed by atoms with Gasteiger partial charge >= 0.3 is 5.97 Å². The van der Waals surface area contributed by atoms with Gasteiger partial charge in [0.2, 0.25) is 0 Å². The number of carbonyl (C=O) groups is 3. The van der Waals surface area contributed by atoms with Crippen LogP contribution in [0.25, 0.3) is 0 Å². The molecule has 184 valence electrons. The monoisotopic (exact) mass is 491 g/mol. The van der Waals surface area contributed by atoms with Crippen molar-refractivity contribution in [2.45, 2.75) is 70.8 Å². The number of nitrogens with one attached hydrogen (secondary N) is 1. The first-order chi connectivity index (χ1) is 17.0. The van der Waals surface area contributed by atoms with Gasteiger partial charge in [0, 0.05) is 35.1 Å². The Balaban J connectivity index is 1.14. The van der Waals surface area contributed by atoms with Crippen molar-refractivity contribution >= 4 is 29.0 Å². The number of hydrogen-bond donors (Lipinski definition) is 1. The van der Waals surface area contributed by atoms with Gasteiger partial charge in [0.25, 0.3) is 5.91 Å². The summed E-state index contributed by atoms with van der Waals surface area (Å²) in [6.07, 6.45) is 9.05. The van der Waals surface area contributed by atoms with Crippen LogP contribution in [0.2, 0.25) is 0 Å². The van der Waals surface area contributed by atoms with E-state index in [9.17, 15) is 14.4 Å². The number of esters is 1. The molecule has 0 saturated heterocycles. The summed E-state index contributed by atoms with van der Waals surface area (Å²) in [5.41, 5.74) is 3.15. The molecule has 4 aliphatic rings. The van der Waals surface area contributed by atoms with Crippen molar-refractivity contribution in [1.29, 1.82) is 0 Å². The van der Waals surface area contributed by atoms with Crippen LogP contribution in [-0.4, -0.2) is 24.2 Å². The zero-order valence-corrected chi connectivity index (χ0v) is 21.0. The van der Waals surface area contributed by atoms with Gasteiger partial charge in [0.1, 0.15) is 12.4 Å². The number of Topliss-reactive ketones (excluding diaryl/α,β-unsaturated/α-hetero) is 1. The molecule has 0 radical (unpaired) electrons. The van der Waals surface area contributed by atoms with E-state index in [2.05, 4.69) is 5.32 Å². The normalized spacial score (nSPS) is 23.4. The number of ether oxygens (including phenoxy) is 1. The maximum atomic E-state index is 13.3. The van der Waals surface area contributed by atoms with E-state index in [1.165, 1.54) is 30.6 Å². The highest BCUT2D eigenvalue weighted by molar-refractivity contribution is 7.12. The molecule has 0 aliphatic heterocycles. The SMILES string of the molecule is O=C(C[C@H]1CCc2sc(CC(=O)C3CC34CC4)c(C(=O)NCC3CC3)c2C1)OCc1ccccc1. The predicted octanol–water partition coefficient (Wildman–Crippen LogP) is 5.04. The van der Waals surface area contributed by atoms with E-state index in [1.54, 1.807) is 11.3 Å². The number of fused-ring (bicyclic) bond motifs is 1. The number of benzene rings is 1. The van der Waals surface area contributed by atoms with Crippen molar-refractivity contribution < 1.29 is 19.1 Å². The Morgan fingerprint density at radius 2 is 1.86 bits per heavy atom. The van der Waals surface area contributed by atoms with E-state index in [4.69, 9.17) is 4.74 Å². The summed E-state index contributed by atoms with van der Waals surface area (Å²) in [5.74, 6) is 1.09. The topological polar surface area (TPSA) is 72.5 Å². The molecule has 1 amide bonds. The summed E-state index contributed by atoms with van der Waals surface area (Å²) in [6.45, 7) is 1.01. The lowest BCUT2D eigenvalue weighted by Crippen LogP contribution is -2.28. The second kappa shape index (κ2) is 9.20. The number of thiophene rings is 1. The quantitative estimate of drug-likeness (QED) is 0.473. The van der Waals surface area contributed by atoms with Crippen LogP contribution in [0.5, 0.6) is 0 Å². The Morgan fingerprint density at radius 3 is 2.57 bits per heavy atom. The standard InChI is InChI=1S/C29H33NO4S/c31-23(22-15-29(22)10-11-29)14-25-27(28(33)30-16-18-6-7-18)21-12-20(8-9-24(21)35-25)13-26(32)34-17-19-4-2-1-3-5-19/h1-5,18,20,22H,6-17H2,(H,30,33)/t20-,22?/m0/s1. The van der Waals surface area contributed by atoms with E-state index in [-0.39, 0.29) is 23.7 Å². The van der Waals surface area contributed by atoms with E-state index in [1.807, 2.05) is 30.3 Å². The van der Waals surface area contributed by atoms with E-state index >= 15 is 0 Å². The molecule has 3 saturated carbocycles. The summed E-state index contributed by atoms with van der Waals surface area (Å²) < 4.78 is 5.52. The Bertz CT molecular complexity index is 1140. The number of ketones is 1. The van der Waals surface area contributed by atoms with Crippen molar-refractivity contribution in [2.75, 3.05) is 6.54 Å². The average molecular weight is 492 g/mol. The van der Waals surface area contributed by atoms with E-state index in [0.29, 0.717) is 43.0 Å². The van der Waals surface area contributed by atoms with Gasteiger partial charge in [0.05, 0.1) is 5.56 Å².